The lowest BCUT2D eigenvalue weighted by atomic mass is 9.99. The van der Waals surface area contributed by atoms with Gasteiger partial charge in [-0.3, -0.25) is 4.90 Å². The van der Waals surface area contributed by atoms with E-state index < -0.39 is 0 Å². The quantitative estimate of drug-likeness (QED) is 0.503. The Morgan fingerprint density at radius 3 is 2.66 bits per heavy atom. The van der Waals surface area contributed by atoms with E-state index in [2.05, 4.69) is 27.4 Å². The first kappa shape index (κ1) is 22.5. The number of allylic oxidation sites excluding steroid dienone is 2. The van der Waals surface area contributed by atoms with Crippen molar-refractivity contribution >= 4 is 23.9 Å². The van der Waals surface area contributed by atoms with Gasteiger partial charge < -0.3 is 25.9 Å². The second-order valence-electron chi connectivity index (χ2n) is 7.21. The van der Waals surface area contributed by atoms with Crippen molar-refractivity contribution in [1.29, 1.82) is 0 Å². The monoisotopic (exact) mass is 399 g/mol. The predicted molar refractivity (Wildman–Crippen MR) is 120 cm³/mol. The zero-order valence-electron chi connectivity index (χ0n) is 17.6. The van der Waals surface area contributed by atoms with Crippen molar-refractivity contribution in [2.75, 3.05) is 44.8 Å². The summed E-state index contributed by atoms with van der Waals surface area (Å²) in [5.74, 6) is 3.24. The molecule has 0 atom stereocenters. The molecule has 0 aliphatic carbocycles. The minimum absolute atomic E-state index is 0.632. The molecule has 0 unspecified atom stereocenters. The number of nitrogens with one attached hydrogen (secondary N) is 2. The molecule has 1 aromatic carbocycles. The second kappa shape index (κ2) is 11.9. The zero-order chi connectivity index (χ0) is 21.1. The van der Waals surface area contributed by atoms with Gasteiger partial charge in [-0.15, -0.1) is 0 Å². The van der Waals surface area contributed by atoms with Crippen LogP contribution in [0.2, 0.25) is 0 Å². The number of aliphatic imine (C=N–C) groups is 1. The van der Waals surface area contributed by atoms with Crippen LogP contribution < -0.4 is 21.1 Å². The van der Waals surface area contributed by atoms with Crippen LogP contribution in [0.25, 0.3) is 0 Å². The van der Waals surface area contributed by atoms with Gasteiger partial charge in [0.05, 0.1) is 17.9 Å². The fourth-order valence-corrected chi connectivity index (χ4v) is 3.09. The number of nitrogen functional groups attached to an aromatic ring is 1. The molecule has 2 heterocycles. The molecule has 2 aliphatic heterocycles. The molecule has 1 saturated heterocycles. The van der Waals surface area contributed by atoms with E-state index in [1.54, 1.807) is 12.3 Å². The van der Waals surface area contributed by atoms with E-state index >= 15 is 0 Å². The van der Waals surface area contributed by atoms with E-state index in [0.29, 0.717) is 18.7 Å². The Labute approximate surface area is 173 Å². The smallest absolute Gasteiger partial charge is 0.133 e. The van der Waals surface area contributed by atoms with Gasteiger partial charge in [-0.1, -0.05) is 6.92 Å². The van der Waals surface area contributed by atoms with Gasteiger partial charge in [0, 0.05) is 32.8 Å². The SMILES string of the molecule is CC1CCN(CC=O)CC1.CNC1=CCC(Oc2ccc(NC)c(N)c2)=CC=N1. The molecule has 1 aromatic rings. The van der Waals surface area contributed by atoms with Crippen LogP contribution in [0.15, 0.2) is 46.9 Å². The number of carbonyl (C=O) groups is 1. The highest BCUT2D eigenvalue weighted by atomic mass is 16.5. The summed E-state index contributed by atoms with van der Waals surface area (Å²) in [6, 6.07) is 5.58. The lowest BCUT2D eigenvalue weighted by molar-refractivity contribution is -0.109. The molecule has 7 nitrogen and oxygen atoms in total. The Balaban J connectivity index is 0.000000253. The Kier molecular flexibility index (Phi) is 9.24. The third-order valence-corrected chi connectivity index (χ3v) is 4.98. The van der Waals surface area contributed by atoms with Crippen molar-refractivity contribution in [1.82, 2.24) is 10.2 Å². The van der Waals surface area contributed by atoms with Crippen LogP contribution in [0.4, 0.5) is 11.4 Å². The topological polar surface area (TPSA) is 92.0 Å². The van der Waals surface area contributed by atoms with E-state index in [0.717, 1.165) is 48.3 Å². The van der Waals surface area contributed by atoms with Gasteiger partial charge in [0.25, 0.3) is 0 Å². The van der Waals surface area contributed by atoms with Gasteiger partial charge in [0.1, 0.15) is 23.6 Å². The van der Waals surface area contributed by atoms with Crippen molar-refractivity contribution in [3.05, 3.63) is 41.9 Å². The number of nitrogens with zero attached hydrogens (tertiary/aromatic N) is 2. The first-order chi connectivity index (χ1) is 14.0. The lowest BCUT2D eigenvalue weighted by Crippen LogP contribution is -2.34. The summed E-state index contributed by atoms with van der Waals surface area (Å²) >= 11 is 0. The summed E-state index contributed by atoms with van der Waals surface area (Å²) in [5.41, 5.74) is 7.45. The number of carbonyl (C=O) groups excluding carboxylic acids is 1. The minimum atomic E-state index is 0.632. The summed E-state index contributed by atoms with van der Waals surface area (Å²) in [6.07, 6.45) is 9.74. The van der Waals surface area contributed by atoms with Crippen molar-refractivity contribution in [2.45, 2.75) is 26.2 Å². The van der Waals surface area contributed by atoms with Crippen LogP contribution in [-0.4, -0.2) is 51.1 Å². The maximum atomic E-state index is 10.1. The average Bonchev–Trinajstić information content (AvgIpc) is 2.96. The minimum Gasteiger partial charge on any atom is -0.461 e. The summed E-state index contributed by atoms with van der Waals surface area (Å²) in [6.45, 7) is 5.13. The average molecular weight is 400 g/mol. The molecule has 2 aliphatic rings. The van der Waals surface area contributed by atoms with Crippen LogP contribution in [0.5, 0.6) is 5.75 Å². The number of hydrogen-bond acceptors (Lipinski definition) is 7. The maximum Gasteiger partial charge on any atom is 0.133 e. The largest absolute Gasteiger partial charge is 0.461 e. The van der Waals surface area contributed by atoms with E-state index in [1.165, 1.54) is 12.8 Å². The number of rotatable bonds is 6. The molecule has 158 valence electrons. The van der Waals surface area contributed by atoms with E-state index in [4.69, 9.17) is 10.5 Å². The van der Waals surface area contributed by atoms with Gasteiger partial charge in [0.15, 0.2) is 0 Å². The van der Waals surface area contributed by atoms with Gasteiger partial charge >= 0.3 is 0 Å². The molecule has 0 radical (unpaired) electrons. The van der Waals surface area contributed by atoms with Crippen molar-refractivity contribution < 1.29 is 9.53 Å². The third-order valence-electron chi connectivity index (χ3n) is 4.98. The van der Waals surface area contributed by atoms with Crippen LogP contribution in [0, 0.1) is 5.92 Å². The number of aldehydes is 1. The normalized spacial score (nSPS) is 17.2. The molecular formula is C22H33N5O2. The van der Waals surface area contributed by atoms with E-state index in [-0.39, 0.29) is 0 Å². The number of piperidine rings is 1. The van der Waals surface area contributed by atoms with Gasteiger partial charge in [0.2, 0.25) is 0 Å². The van der Waals surface area contributed by atoms with Gasteiger partial charge in [-0.25, -0.2) is 4.99 Å². The summed E-state index contributed by atoms with van der Waals surface area (Å²) in [5, 5.41) is 6.01. The van der Waals surface area contributed by atoms with Crippen LogP contribution >= 0.6 is 0 Å². The maximum absolute atomic E-state index is 10.1. The summed E-state index contributed by atoms with van der Waals surface area (Å²) in [7, 11) is 3.67. The van der Waals surface area contributed by atoms with Gasteiger partial charge in [-0.05, 0) is 56.1 Å². The molecule has 0 bridgehead atoms. The standard InChI is InChI=1S/C14H18N4O.C8H15NO/c1-16-13-5-3-11(9-12(13)15)19-10-4-6-14(17-2)18-8-7-10;1-8-2-4-9(5-3-8)6-7-10/h3,5-9,16-17H,4,15H2,1-2H3;7-8H,2-6H2,1H3. The number of nitrogens with two attached hydrogens (primary N) is 1. The number of anilines is 2. The molecule has 4 N–H and O–H groups in total. The Bertz CT molecular complexity index is 750. The van der Waals surface area contributed by atoms with E-state index in [1.807, 2.05) is 38.4 Å². The highest BCUT2D eigenvalue weighted by Gasteiger charge is 2.14. The number of benzene rings is 1. The molecule has 3 rings (SSSR count). The third kappa shape index (κ3) is 7.62. The van der Waals surface area contributed by atoms with Crippen LogP contribution in [-0.2, 0) is 4.79 Å². The molecule has 0 aromatic heterocycles. The zero-order valence-corrected chi connectivity index (χ0v) is 17.6. The highest BCUT2D eigenvalue weighted by Crippen LogP contribution is 2.26. The molecule has 7 heteroatoms. The van der Waals surface area contributed by atoms with Crippen molar-refractivity contribution in [3.8, 4) is 5.75 Å². The number of hydrogen-bond donors (Lipinski definition) is 3. The number of likely N-dealkylation sites (tertiary alicyclic amines) is 1. The van der Waals surface area contributed by atoms with Crippen LogP contribution in [0.3, 0.4) is 0 Å². The predicted octanol–water partition coefficient (Wildman–Crippen LogP) is 3.03. The Hall–Kier alpha value is -2.80. The molecule has 0 amide bonds. The van der Waals surface area contributed by atoms with Gasteiger partial charge in [-0.2, -0.15) is 0 Å². The summed E-state index contributed by atoms with van der Waals surface area (Å²) < 4.78 is 5.80. The lowest BCUT2D eigenvalue weighted by Gasteiger charge is -2.28. The molecular weight excluding hydrogens is 366 g/mol. The first-order valence-electron chi connectivity index (χ1n) is 10.1. The number of ether oxygens (including phenoxy) is 1. The fourth-order valence-electron chi connectivity index (χ4n) is 3.09. The van der Waals surface area contributed by atoms with E-state index in [9.17, 15) is 4.79 Å². The molecule has 29 heavy (non-hydrogen) atoms. The molecule has 1 fully saturated rings. The first-order valence-corrected chi connectivity index (χ1v) is 10.1. The Morgan fingerprint density at radius 1 is 1.28 bits per heavy atom. The molecule has 0 saturated carbocycles. The fraction of sp³-hybridized carbons (Fsp3) is 0.455. The van der Waals surface area contributed by atoms with Crippen LogP contribution in [0.1, 0.15) is 26.2 Å². The Morgan fingerprint density at radius 2 is 2.03 bits per heavy atom. The summed E-state index contributed by atoms with van der Waals surface area (Å²) in [4.78, 5) is 16.5. The molecule has 0 spiro atoms. The van der Waals surface area contributed by atoms with Crippen molar-refractivity contribution in [2.24, 2.45) is 10.9 Å². The second-order valence-corrected chi connectivity index (χ2v) is 7.21. The highest BCUT2D eigenvalue weighted by molar-refractivity contribution is 5.73. The van der Waals surface area contributed by atoms with Crippen molar-refractivity contribution in [3.63, 3.8) is 0 Å².